The van der Waals surface area contributed by atoms with Crippen molar-refractivity contribution in [1.29, 1.82) is 0 Å². The zero-order chi connectivity index (χ0) is 15.4. The zero-order valence-corrected chi connectivity index (χ0v) is 14.2. The summed E-state index contributed by atoms with van der Waals surface area (Å²) in [7, 11) is 0. The second kappa shape index (κ2) is 7.04. The van der Waals surface area contributed by atoms with Crippen LogP contribution in [0.25, 0.3) is 0 Å². The molecule has 5 nitrogen and oxygen atoms in total. The summed E-state index contributed by atoms with van der Waals surface area (Å²) in [6.07, 6.45) is 2.33. The van der Waals surface area contributed by atoms with E-state index < -0.39 is 0 Å². The number of nitrogens with zero attached hydrogens (tertiary/aromatic N) is 3. The van der Waals surface area contributed by atoms with Crippen molar-refractivity contribution in [2.75, 3.05) is 0 Å². The van der Waals surface area contributed by atoms with Gasteiger partial charge in [-0.15, -0.1) is 0 Å². The van der Waals surface area contributed by atoms with Gasteiger partial charge in [0.2, 0.25) is 0 Å². The highest BCUT2D eigenvalue weighted by molar-refractivity contribution is 9.10. The van der Waals surface area contributed by atoms with E-state index in [0.29, 0.717) is 6.61 Å². The maximum Gasteiger partial charge on any atom is 0.165 e. The Morgan fingerprint density at radius 2 is 2.10 bits per heavy atom. The average Bonchev–Trinajstić information content (AvgIpc) is 2.85. The summed E-state index contributed by atoms with van der Waals surface area (Å²) < 4.78 is 8.82. The lowest BCUT2D eigenvalue weighted by Crippen LogP contribution is -2.18. The summed E-state index contributed by atoms with van der Waals surface area (Å²) in [6.45, 7) is 6.52. The van der Waals surface area contributed by atoms with Gasteiger partial charge in [-0.25, -0.2) is 9.67 Å². The van der Waals surface area contributed by atoms with Gasteiger partial charge in [-0.2, -0.15) is 5.10 Å². The quantitative estimate of drug-likeness (QED) is 0.867. The van der Waals surface area contributed by atoms with Crippen molar-refractivity contribution in [3.63, 3.8) is 0 Å². The number of nitrogens with two attached hydrogens (primary N) is 1. The topological polar surface area (TPSA) is 66.0 Å². The van der Waals surface area contributed by atoms with Crippen molar-refractivity contribution in [2.45, 2.75) is 45.9 Å². The summed E-state index contributed by atoms with van der Waals surface area (Å²) in [5, 5.41) is 4.21. The second-order valence-electron chi connectivity index (χ2n) is 5.44. The lowest BCUT2D eigenvalue weighted by Gasteiger charge is -2.14. The molecule has 1 atom stereocenters. The van der Waals surface area contributed by atoms with Gasteiger partial charge in [-0.05, 0) is 51.0 Å². The Morgan fingerprint density at radius 1 is 1.33 bits per heavy atom. The van der Waals surface area contributed by atoms with Gasteiger partial charge in [0, 0.05) is 16.6 Å². The molecule has 2 rings (SSSR count). The predicted molar refractivity (Wildman–Crippen MR) is 86.2 cm³/mol. The van der Waals surface area contributed by atoms with Crippen LogP contribution < -0.4 is 10.5 Å². The van der Waals surface area contributed by atoms with Crippen LogP contribution in [-0.4, -0.2) is 20.8 Å². The highest BCUT2D eigenvalue weighted by atomic mass is 79.9. The van der Waals surface area contributed by atoms with E-state index in [-0.39, 0.29) is 12.1 Å². The Hall–Kier alpha value is -1.40. The first-order valence-corrected chi connectivity index (χ1v) is 7.82. The van der Waals surface area contributed by atoms with E-state index in [1.165, 1.54) is 0 Å². The van der Waals surface area contributed by atoms with Crippen molar-refractivity contribution in [3.8, 4) is 5.75 Å². The maximum absolute atomic E-state index is 5.93. The lowest BCUT2D eigenvalue weighted by molar-refractivity contribution is 0.279. The molecule has 0 saturated carbocycles. The molecule has 1 aromatic carbocycles. The van der Waals surface area contributed by atoms with Crippen molar-refractivity contribution in [1.82, 2.24) is 14.8 Å². The van der Waals surface area contributed by atoms with Crippen LogP contribution >= 0.6 is 15.9 Å². The third-order valence-electron chi connectivity index (χ3n) is 3.06. The van der Waals surface area contributed by atoms with Gasteiger partial charge < -0.3 is 10.5 Å². The second-order valence-corrected chi connectivity index (χ2v) is 6.35. The number of benzene rings is 1. The minimum Gasteiger partial charge on any atom is -0.485 e. The molecule has 0 aliphatic rings. The summed E-state index contributed by atoms with van der Waals surface area (Å²) in [6, 6.07) is 6.32. The number of halogens is 1. The van der Waals surface area contributed by atoms with Gasteiger partial charge in [0.15, 0.2) is 5.82 Å². The molecular weight excluding hydrogens is 332 g/mol. The van der Waals surface area contributed by atoms with Crippen molar-refractivity contribution >= 4 is 15.9 Å². The van der Waals surface area contributed by atoms with Crippen molar-refractivity contribution in [2.24, 2.45) is 5.73 Å². The van der Waals surface area contributed by atoms with Gasteiger partial charge in [-0.3, -0.25) is 0 Å². The van der Waals surface area contributed by atoms with Gasteiger partial charge in [0.25, 0.3) is 0 Å². The minimum atomic E-state index is 0.0842. The van der Waals surface area contributed by atoms with Crippen molar-refractivity contribution < 1.29 is 4.74 Å². The van der Waals surface area contributed by atoms with E-state index >= 15 is 0 Å². The fourth-order valence-corrected chi connectivity index (χ4v) is 2.55. The van der Waals surface area contributed by atoms with E-state index in [4.69, 9.17) is 10.5 Å². The van der Waals surface area contributed by atoms with Crippen LogP contribution in [0.15, 0.2) is 29.0 Å². The first kappa shape index (κ1) is 16.0. The third kappa shape index (κ3) is 4.28. The number of ether oxygens (including phenoxy) is 1. The smallest absolute Gasteiger partial charge is 0.165 e. The SMILES string of the molecule is CC(N)Cc1cc(Br)ccc1OCc1ncnn1C(C)C. The van der Waals surface area contributed by atoms with Gasteiger partial charge in [-0.1, -0.05) is 15.9 Å². The monoisotopic (exact) mass is 352 g/mol. The standard InChI is InChI=1S/C15H21BrN4O/c1-10(2)20-15(18-9-19-20)8-21-14-5-4-13(16)7-12(14)6-11(3)17/h4-5,7,9-11H,6,8,17H2,1-3H3. The first-order valence-electron chi connectivity index (χ1n) is 7.02. The molecule has 0 saturated heterocycles. The van der Waals surface area contributed by atoms with Crippen LogP contribution in [0.5, 0.6) is 5.75 Å². The Bertz CT molecular complexity index is 595. The van der Waals surface area contributed by atoms with E-state index in [1.807, 2.05) is 29.8 Å². The normalized spacial score (nSPS) is 12.7. The molecule has 114 valence electrons. The van der Waals surface area contributed by atoms with Gasteiger partial charge in [0.1, 0.15) is 18.7 Å². The fraction of sp³-hybridized carbons (Fsp3) is 0.467. The molecule has 1 unspecified atom stereocenters. The van der Waals surface area contributed by atoms with Crippen LogP contribution in [-0.2, 0) is 13.0 Å². The third-order valence-corrected chi connectivity index (χ3v) is 3.55. The van der Waals surface area contributed by atoms with Crippen LogP contribution in [0.1, 0.15) is 38.2 Å². The summed E-state index contributed by atoms with van der Waals surface area (Å²) in [5.41, 5.74) is 6.99. The molecule has 1 aromatic heterocycles. The number of hydrogen-bond acceptors (Lipinski definition) is 4. The zero-order valence-electron chi connectivity index (χ0n) is 12.6. The molecule has 0 amide bonds. The molecule has 2 N–H and O–H groups in total. The van der Waals surface area contributed by atoms with Crippen LogP contribution in [0.2, 0.25) is 0 Å². The lowest BCUT2D eigenvalue weighted by atomic mass is 10.1. The van der Waals surface area contributed by atoms with E-state index in [9.17, 15) is 0 Å². The van der Waals surface area contributed by atoms with Gasteiger partial charge in [0.05, 0.1) is 0 Å². The molecule has 0 spiro atoms. The Balaban J connectivity index is 2.14. The van der Waals surface area contributed by atoms with Gasteiger partial charge >= 0.3 is 0 Å². The minimum absolute atomic E-state index is 0.0842. The molecule has 6 heteroatoms. The van der Waals surface area contributed by atoms with E-state index in [1.54, 1.807) is 6.33 Å². The van der Waals surface area contributed by atoms with Crippen LogP contribution in [0.4, 0.5) is 0 Å². The van der Waals surface area contributed by atoms with Crippen molar-refractivity contribution in [3.05, 3.63) is 40.4 Å². The van der Waals surface area contributed by atoms with Crippen LogP contribution in [0, 0.1) is 0 Å². The maximum atomic E-state index is 5.93. The molecule has 0 fully saturated rings. The molecule has 0 bridgehead atoms. The Labute approximate surface area is 133 Å². The van der Waals surface area contributed by atoms with E-state index in [2.05, 4.69) is 39.9 Å². The molecule has 0 aliphatic carbocycles. The fourth-order valence-electron chi connectivity index (χ4n) is 2.15. The number of rotatable bonds is 6. The predicted octanol–water partition coefficient (Wildman–Crippen LogP) is 3.09. The molecule has 2 aromatic rings. The average molecular weight is 353 g/mol. The highest BCUT2D eigenvalue weighted by Gasteiger charge is 2.11. The molecule has 21 heavy (non-hydrogen) atoms. The summed E-state index contributed by atoms with van der Waals surface area (Å²) in [5.74, 6) is 1.66. The largest absolute Gasteiger partial charge is 0.485 e. The molecular formula is C15H21BrN4O. The first-order chi connectivity index (χ1) is 9.97. The van der Waals surface area contributed by atoms with Crippen LogP contribution in [0.3, 0.4) is 0 Å². The number of aromatic nitrogens is 3. The molecule has 0 aliphatic heterocycles. The molecule has 1 heterocycles. The Morgan fingerprint density at radius 3 is 2.76 bits per heavy atom. The molecule has 0 radical (unpaired) electrons. The summed E-state index contributed by atoms with van der Waals surface area (Å²) >= 11 is 3.48. The Kier molecular flexibility index (Phi) is 5.36. The number of hydrogen-bond donors (Lipinski definition) is 1. The highest BCUT2D eigenvalue weighted by Crippen LogP contribution is 2.25. The van der Waals surface area contributed by atoms with E-state index in [0.717, 1.165) is 28.0 Å². The summed E-state index contributed by atoms with van der Waals surface area (Å²) in [4.78, 5) is 4.25.